The minimum absolute atomic E-state index is 0.0441. The summed E-state index contributed by atoms with van der Waals surface area (Å²) in [6.07, 6.45) is -3.74. The highest BCUT2D eigenvalue weighted by Gasteiger charge is 2.30. The predicted octanol–water partition coefficient (Wildman–Crippen LogP) is 4.04. The van der Waals surface area contributed by atoms with Crippen LogP contribution in [0.4, 0.5) is 13.2 Å². The fraction of sp³-hybridized carbons (Fsp3) is 0.333. The highest BCUT2D eigenvalue weighted by atomic mass is 19.4. The number of ether oxygens (including phenoxy) is 1. The van der Waals surface area contributed by atoms with Crippen molar-refractivity contribution in [2.45, 2.75) is 32.5 Å². The summed E-state index contributed by atoms with van der Waals surface area (Å²) in [5.74, 6) is -1.43. The van der Waals surface area contributed by atoms with E-state index in [9.17, 15) is 22.8 Å². The van der Waals surface area contributed by atoms with Crippen LogP contribution in [0.3, 0.4) is 0 Å². The molecule has 0 aliphatic rings. The van der Waals surface area contributed by atoms with Gasteiger partial charge < -0.3 is 14.5 Å². The van der Waals surface area contributed by atoms with E-state index >= 15 is 0 Å². The Morgan fingerprint density at radius 3 is 2.62 bits per heavy atom. The Bertz CT molecular complexity index is 783. The normalized spacial score (nSPS) is 12.5. The predicted molar refractivity (Wildman–Crippen MR) is 87.3 cm³/mol. The van der Waals surface area contributed by atoms with Crippen molar-refractivity contribution in [1.29, 1.82) is 0 Å². The molecule has 26 heavy (non-hydrogen) atoms. The molecule has 1 amide bonds. The molecule has 1 atom stereocenters. The third-order valence-electron chi connectivity index (χ3n) is 3.64. The van der Waals surface area contributed by atoms with Gasteiger partial charge in [-0.2, -0.15) is 13.2 Å². The van der Waals surface area contributed by atoms with Crippen LogP contribution < -0.4 is 5.32 Å². The molecule has 1 N–H and O–H groups in total. The molecule has 0 unspecified atom stereocenters. The summed E-state index contributed by atoms with van der Waals surface area (Å²) >= 11 is 0. The SMILES string of the molecule is CC[C@@H](C)NC(=O)COC(=O)c1ccc(-c2cccc(C(F)(F)F)c2)o1. The lowest BCUT2D eigenvalue weighted by Gasteiger charge is -2.10. The minimum Gasteiger partial charge on any atom is -0.450 e. The van der Waals surface area contributed by atoms with Gasteiger partial charge in [-0.05, 0) is 37.6 Å². The first-order valence-corrected chi connectivity index (χ1v) is 7.94. The molecule has 0 bridgehead atoms. The fourth-order valence-electron chi connectivity index (χ4n) is 2.07. The third-order valence-corrected chi connectivity index (χ3v) is 3.64. The van der Waals surface area contributed by atoms with E-state index in [0.717, 1.165) is 18.6 Å². The number of furan rings is 1. The first-order chi connectivity index (χ1) is 12.2. The van der Waals surface area contributed by atoms with Crippen LogP contribution in [0.2, 0.25) is 0 Å². The van der Waals surface area contributed by atoms with Gasteiger partial charge in [0.05, 0.1) is 5.56 Å². The van der Waals surface area contributed by atoms with Crippen molar-refractivity contribution in [3.05, 3.63) is 47.7 Å². The standard InChI is InChI=1S/C18H18F3NO4/c1-3-11(2)22-16(23)10-25-17(24)15-8-7-14(26-15)12-5-4-6-13(9-12)18(19,20)21/h4-9,11H,3,10H2,1-2H3,(H,22,23)/t11-/m1/s1. The smallest absolute Gasteiger partial charge is 0.416 e. The Hall–Kier alpha value is -2.77. The van der Waals surface area contributed by atoms with E-state index in [2.05, 4.69) is 5.32 Å². The van der Waals surface area contributed by atoms with Crippen LogP contribution in [0.5, 0.6) is 0 Å². The van der Waals surface area contributed by atoms with Crippen LogP contribution in [-0.2, 0) is 15.7 Å². The summed E-state index contributed by atoms with van der Waals surface area (Å²) in [5.41, 5.74) is -0.648. The molecule has 0 aliphatic heterocycles. The van der Waals surface area contributed by atoms with E-state index in [1.54, 1.807) is 0 Å². The molecule has 0 aliphatic carbocycles. The number of hydrogen-bond acceptors (Lipinski definition) is 4. The van der Waals surface area contributed by atoms with Gasteiger partial charge in [0, 0.05) is 11.6 Å². The van der Waals surface area contributed by atoms with Crippen molar-refractivity contribution >= 4 is 11.9 Å². The van der Waals surface area contributed by atoms with Crippen LogP contribution in [0.25, 0.3) is 11.3 Å². The van der Waals surface area contributed by atoms with Crippen molar-refractivity contribution in [2.75, 3.05) is 6.61 Å². The van der Waals surface area contributed by atoms with Gasteiger partial charge >= 0.3 is 12.1 Å². The summed E-state index contributed by atoms with van der Waals surface area (Å²) < 4.78 is 48.4. The number of rotatable bonds is 6. The number of esters is 1. The number of carbonyl (C=O) groups excluding carboxylic acids is 2. The Labute approximate surface area is 148 Å². The zero-order valence-corrected chi connectivity index (χ0v) is 14.2. The summed E-state index contributed by atoms with van der Waals surface area (Å²) in [4.78, 5) is 23.5. The number of carbonyl (C=O) groups is 2. The second kappa shape index (κ2) is 8.07. The molecule has 0 spiro atoms. The highest BCUT2D eigenvalue weighted by molar-refractivity contribution is 5.89. The average molecular weight is 369 g/mol. The quantitative estimate of drug-likeness (QED) is 0.781. The first-order valence-electron chi connectivity index (χ1n) is 7.94. The molecule has 0 saturated heterocycles. The molecule has 140 valence electrons. The van der Waals surface area contributed by atoms with E-state index in [0.29, 0.717) is 0 Å². The summed E-state index contributed by atoms with van der Waals surface area (Å²) in [7, 11) is 0. The molecule has 1 aromatic heterocycles. The third kappa shape index (κ3) is 5.11. The largest absolute Gasteiger partial charge is 0.450 e. The van der Waals surface area contributed by atoms with Crippen LogP contribution in [-0.4, -0.2) is 24.5 Å². The molecular formula is C18H18F3NO4. The van der Waals surface area contributed by atoms with Crippen molar-refractivity contribution in [3.63, 3.8) is 0 Å². The van der Waals surface area contributed by atoms with Gasteiger partial charge in [0.2, 0.25) is 5.76 Å². The van der Waals surface area contributed by atoms with Gasteiger partial charge in [-0.25, -0.2) is 4.79 Å². The average Bonchev–Trinajstić information content (AvgIpc) is 3.09. The number of nitrogens with one attached hydrogen (secondary N) is 1. The van der Waals surface area contributed by atoms with Gasteiger partial charge in [0.25, 0.3) is 5.91 Å². The minimum atomic E-state index is -4.48. The van der Waals surface area contributed by atoms with Crippen LogP contribution >= 0.6 is 0 Å². The van der Waals surface area contributed by atoms with Crippen LogP contribution in [0, 0.1) is 0 Å². The number of benzene rings is 1. The van der Waals surface area contributed by atoms with Gasteiger partial charge in [-0.15, -0.1) is 0 Å². The number of amides is 1. The lowest BCUT2D eigenvalue weighted by Crippen LogP contribution is -2.35. The maximum absolute atomic E-state index is 12.8. The number of hydrogen-bond donors (Lipinski definition) is 1. The fourth-order valence-corrected chi connectivity index (χ4v) is 2.07. The van der Waals surface area contributed by atoms with E-state index in [1.165, 1.54) is 24.3 Å². The monoisotopic (exact) mass is 369 g/mol. The van der Waals surface area contributed by atoms with Crippen LogP contribution in [0.1, 0.15) is 36.4 Å². The van der Waals surface area contributed by atoms with Crippen molar-refractivity contribution in [3.8, 4) is 11.3 Å². The second-order valence-electron chi connectivity index (χ2n) is 5.70. The topological polar surface area (TPSA) is 68.5 Å². The van der Waals surface area contributed by atoms with E-state index in [-0.39, 0.29) is 23.1 Å². The lowest BCUT2D eigenvalue weighted by atomic mass is 10.1. The Morgan fingerprint density at radius 1 is 1.23 bits per heavy atom. The first kappa shape index (κ1) is 19.6. The van der Waals surface area contributed by atoms with E-state index in [1.807, 2.05) is 13.8 Å². The highest BCUT2D eigenvalue weighted by Crippen LogP contribution is 2.32. The molecule has 0 saturated carbocycles. The Morgan fingerprint density at radius 2 is 1.96 bits per heavy atom. The summed E-state index contributed by atoms with van der Waals surface area (Å²) in [6.45, 7) is 3.24. The molecule has 8 heteroatoms. The molecule has 1 heterocycles. The zero-order valence-electron chi connectivity index (χ0n) is 14.2. The zero-order chi connectivity index (χ0) is 19.3. The Balaban J connectivity index is 2.03. The van der Waals surface area contributed by atoms with Crippen LogP contribution in [0.15, 0.2) is 40.8 Å². The summed E-state index contributed by atoms with van der Waals surface area (Å²) in [5, 5.41) is 2.63. The van der Waals surface area contributed by atoms with Gasteiger partial charge in [0.15, 0.2) is 6.61 Å². The van der Waals surface area contributed by atoms with Gasteiger partial charge in [-0.3, -0.25) is 4.79 Å². The van der Waals surface area contributed by atoms with E-state index in [4.69, 9.17) is 9.15 Å². The Kier molecular flexibility index (Phi) is 6.07. The van der Waals surface area contributed by atoms with Gasteiger partial charge in [0.1, 0.15) is 5.76 Å². The molecule has 0 fully saturated rings. The molecule has 5 nitrogen and oxygen atoms in total. The van der Waals surface area contributed by atoms with Gasteiger partial charge in [-0.1, -0.05) is 19.1 Å². The molecular weight excluding hydrogens is 351 g/mol. The van der Waals surface area contributed by atoms with Crippen molar-refractivity contribution in [2.24, 2.45) is 0 Å². The van der Waals surface area contributed by atoms with Crippen molar-refractivity contribution in [1.82, 2.24) is 5.32 Å². The molecule has 2 aromatic rings. The number of alkyl halides is 3. The number of halogens is 3. The molecule has 0 radical (unpaired) electrons. The maximum Gasteiger partial charge on any atom is 0.416 e. The summed E-state index contributed by atoms with van der Waals surface area (Å²) in [6, 6.07) is 7.15. The second-order valence-corrected chi connectivity index (χ2v) is 5.70. The molecule has 1 aromatic carbocycles. The maximum atomic E-state index is 12.8. The lowest BCUT2D eigenvalue weighted by molar-refractivity contribution is -0.137. The molecule has 2 rings (SSSR count). The van der Waals surface area contributed by atoms with Crippen molar-refractivity contribution < 1.29 is 31.9 Å². The van der Waals surface area contributed by atoms with E-state index < -0.39 is 30.2 Å².